The largest absolute Gasteiger partial charge is 0.309 e. The molecule has 0 aliphatic carbocycles. The summed E-state index contributed by atoms with van der Waals surface area (Å²) in [6, 6.07) is 44.6. The average molecular weight is 497 g/mol. The van der Waals surface area contributed by atoms with Crippen molar-refractivity contribution in [3.8, 4) is 0 Å². The van der Waals surface area contributed by atoms with Crippen LogP contribution in [0.1, 0.15) is 50.1 Å². The van der Waals surface area contributed by atoms with Gasteiger partial charge in [-0.2, -0.15) is 0 Å². The Morgan fingerprint density at radius 3 is 1.37 bits per heavy atom. The molecule has 0 bridgehead atoms. The molecule has 0 saturated carbocycles. The van der Waals surface area contributed by atoms with E-state index in [2.05, 4.69) is 116 Å². The van der Waals surface area contributed by atoms with Gasteiger partial charge < -0.3 is 11.5 Å². The third kappa shape index (κ3) is 6.11. The van der Waals surface area contributed by atoms with E-state index in [0.717, 1.165) is 30.4 Å². The van der Waals surface area contributed by atoms with E-state index in [1.807, 2.05) is 18.2 Å². The maximum absolute atomic E-state index is 7.08. The van der Waals surface area contributed by atoms with E-state index in [4.69, 9.17) is 11.5 Å². The summed E-state index contributed by atoms with van der Waals surface area (Å²) in [5.74, 6) is 0. The number of benzene rings is 5. The summed E-state index contributed by atoms with van der Waals surface area (Å²) in [6.45, 7) is 2.26. The van der Waals surface area contributed by atoms with Crippen LogP contribution in [0.3, 0.4) is 0 Å². The maximum Gasteiger partial charge on any atom is 0.0943 e. The summed E-state index contributed by atoms with van der Waals surface area (Å²) in [5.41, 5.74) is 24.3. The van der Waals surface area contributed by atoms with Crippen LogP contribution in [0.25, 0.3) is 0 Å². The van der Waals surface area contributed by atoms with Gasteiger partial charge in [0.1, 0.15) is 0 Å². The third-order valence-electron chi connectivity index (χ3n) is 7.47. The SMILES string of the molecule is Cc1c(Cc2ccccc2)cc(C(N)(N)Cc2ccccc2)c(Cc2ccccc2)c1Cc1ccccc1. The standard InChI is InChI=1S/C36H36N2/c1-27-32(22-28-14-6-2-7-15-28)25-35(36(37,38)26-31-20-12-5-13-21-31)34(24-30-18-10-4-11-19-30)33(27)23-29-16-8-3-9-17-29/h2-21,25H,22-24,26,37-38H2,1H3. The van der Waals surface area contributed by atoms with Gasteiger partial charge in [-0.15, -0.1) is 0 Å². The van der Waals surface area contributed by atoms with Gasteiger partial charge >= 0.3 is 0 Å². The molecule has 4 N–H and O–H groups in total. The zero-order valence-electron chi connectivity index (χ0n) is 22.1. The molecular formula is C36H36N2. The molecule has 0 aliphatic heterocycles. The molecule has 0 spiro atoms. The van der Waals surface area contributed by atoms with Crippen LogP contribution in [0, 0.1) is 6.92 Å². The van der Waals surface area contributed by atoms with E-state index in [0.29, 0.717) is 6.42 Å². The first-order chi connectivity index (χ1) is 18.5. The number of hydrogen-bond acceptors (Lipinski definition) is 2. The molecule has 0 aliphatic rings. The zero-order chi connectivity index (χ0) is 26.4. The Labute approximate surface area is 227 Å². The predicted octanol–water partition coefficient (Wildman–Crippen LogP) is 7.08. The Balaban J connectivity index is 1.70. The minimum absolute atomic E-state index is 0.564. The van der Waals surface area contributed by atoms with Crippen LogP contribution >= 0.6 is 0 Å². The van der Waals surface area contributed by atoms with Crippen LogP contribution in [0.2, 0.25) is 0 Å². The first-order valence-corrected chi connectivity index (χ1v) is 13.4. The molecule has 5 aromatic rings. The van der Waals surface area contributed by atoms with Gasteiger partial charge in [0.2, 0.25) is 0 Å². The van der Waals surface area contributed by atoms with Gasteiger partial charge in [-0.1, -0.05) is 127 Å². The smallest absolute Gasteiger partial charge is 0.0943 e. The van der Waals surface area contributed by atoms with Crippen molar-refractivity contribution in [2.45, 2.75) is 38.3 Å². The molecule has 190 valence electrons. The quantitative estimate of drug-likeness (QED) is 0.214. The first-order valence-electron chi connectivity index (χ1n) is 13.4. The topological polar surface area (TPSA) is 52.0 Å². The van der Waals surface area contributed by atoms with Gasteiger partial charge in [0.05, 0.1) is 5.66 Å². The van der Waals surface area contributed by atoms with Crippen molar-refractivity contribution < 1.29 is 0 Å². The highest BCUT2D eigenvalue weighted by Crippen LogP contribution is 2.34. The lowest BCUT2D eigenvalue weighted by molar-refractivity contribution is 0.457. The molecule has 0 radical (unpaired) electrons. The Morgan fingerprint density at radius 1 is 0.500 bits per heavy atom. The number of rotatable bonds is 9. The van der Waals surface area contributed by atoms with Crippen molar-refractivity contribution in [2.24, 2.45) is 11.5 Å². The van der Waals surface area contributed by atoms with Crippen molar-refractivity contribution in [1.82, 2.24) is 0 Å². The summed E-state index contributed by atoms with van der Waals surface area (Å²) >= 11 is 0. The highest BCUT2D eigenvalue weighted by atomic mass is 15.0. The summed E-state index contributed by atoms with van der Waals surface area (Å²) < 4.78 is 0. The second-order valence-corrected chi connectivity index (χ2v) is 10.4. The minimum atomic E-state index is -1.02. The minimum Gasteiger partial charge on any atom is -0.309 e. The lowest BCUT2D eigenvalue weighted by Gasteiger charge is -2.32. The van der Waals surface area contributed by atoms with E-state index >= 15 is 0 Å². The van der Waals surface area contributed by atoms with Crippen LogP contribution in [0.4, 0.5) is 0 Å². The highest BCUT2D eigenvalue weighted by molar-refractivity contribution is 5.53. The van der Waals surface area contributed by atoms with Crippen LogP contribution in [-0.2, 0) is 31.3 Å². The van der Waals surface area contributed by atoms with Crippen LogP contribution in [0.5, 0.6) is 0 Å². The zero-order valence-corrected chi connectivity index (χ0v) is 22.1. The predicted molar refractivity (Wildman–Crippen MR) is 159 cm³/mol. The Bertz CT molecular complexity index is 1460. The molecule has 5 rings (SSSR count). The summed E-state index contributed by atoms with van der Waals surface area (Å²) in [4.78, 5) is 0. The van der Waals surface area contributed by atoms with Gasteiger partial charge in [-0.25, -0.2) is 0 Å². The van der Waals surface area contributed by atoms with Gasteiger partial charge in [0.25, 0.3) is 0 Å². The third-order valence-corrected chi connectivity index (χ3v) is 7.47. The Hall–Kier alpha value is -3.98. The first kappa shape index (κ1) is 25.7. The average Bonchev–Trinajstić information content (AvgIpc) is 2.94. The summed E-state index contributed by atoms with van der Waals surface area (Å²) in [7, 11) is 0. The van der Waals surface area contributed by atoms with E-state index in [9.17, 15) is 0 Å². The van der Waals surface area contributed by atoms with E-state index in [1.54, 1.807) is 0 Å². The van der Waals surface area contributed by atoms with Crippen LogP contribution in [-0.4, -0.2) is 0 Å². The lowest BCUT2D eigenvalue weighted by Crippen LogP contribution is -2.49. The van der Waals surface area contributed by atoms with E-state index < -0.39 is 5.66 Å². The normalized spacial score (nSPS) is 11.4. The molecule has 38 heavy (non-hydrogen) atoms. The van der Waals surface area contributed by atoms with Crippen molar-refractivity contribution >= 4 is 0 Å². The maximum atomic E-state index is 7.08. The van der Waals surface area contributed by atoms with Gasteiger partial charge in [-0.05, 0) is 76.3 Å². The summed E-state index contributed by atoms with van der Waals surface area (Å²) in [6.07, 6.45) is 3.03. The monoisotopic (exact) mass is 496 g/mol. The molecule has 5 aromatic carbocycles. The van der Waals surface area contributed by atoms with Crippen molar-refractivity contribution in [1.29, 1.82) is 0 Å². The molecule has 2 heteroatoms. The van der Waals surface area contributed by atoms with Crippen molar-refractivity contribution in [2.75, 3.05) is 0 Å². The van der Waals surface area contributed by atoms with Crippen LogP contribution in [0.15, 0.2) is 127 Å². The van der Waals surface area contributed by atoms with Crippen molar-refractivity contribution in [3.05, 3.63) is 177 Å². The molecule has 0 aromatic heterocycles. The molecule has 0 atom stereocenters. The van der Waals surface area contributed by atoms with Gasteiger partial charge in [0, 0.05) is 6.42 Å². The van der Waals surface area contributed by atoms with Crippen molar-refractivity contribution in [3.63, 3.8) is 0 Å². The molecule has 0 heterocycles. The van der Waals surface area contributed by atoms with E-state index in [-0.39, 0.29) is 0 Å². The fraction of sp³-hybridized carbons (Fsp3) is 0.167. The molecule has 0 saturated heterocycles. The molecule has 0 fully saturated rings. The molecule has 0 amide bonds. The lowest BCUT2D eigenvalue weighted by atomic mass is 9.79. The second kappa shape index (κ2) is 11.6. The van der Waals surface area contributed by atoms with Crippen LogP contribution < -0.4 is 11.5 Å². The Morgan fingerprint density at radius 2 is 0.895 bits per heavy atom. The van der Waals surface area contributed by atoms with Gasteiger partial charge in [0.15, 0.2) is 0 Å². The highest BCUT2D eigenvalue weighted by Gasteiger charge is 2.29. The Kier molecular flexibility index (Phi) is 7.83. The number of hydrogen-bond donors (Lipinski definition) is 2. The molecule has 0 unspecified atom stereocenters. The number of nitrogens with two attached hydrogens (primary N) is 2. The van der Waals surface area contributed by atoms with Gasteiger partial charge in [-0.3, -0.25) is 0 Å². The summed E-state index contributed by atoms with van der Waals surface area (Å²) in [5, 5.41) is 0. The molecular weight excluding hydrogens is 460 g/mol. The van der Waals surface area contributed by atoms with E-state index in [1.165, 1.54) is 38.9 Å². The molecule has 2 nitrogen and oxygen atoms in total. The fourth-order valence-electron chi connectivity index (χ4n) is 5.44. The second-order valence-electron chi connectivity index (χ2n) is 10.4. The fourth-order valence-corrected chi connectivity index (χ4v) is 5.44.